The van der Waals surface area contributed by atoms with E-state index < -0.39 is 11.9 Å². The maximum Gasteiger partial charge on any atom is 0.307 e. The maximum atomic E-state index is 12.1. The van der Waals surface area contributed by atoms with Gasteiger partial charge in [0, 0.05) is 19.5 Å². The van der Waals surface area contributed by atoms with Crippen molar-refractivity contribution in [2.45, 2.75) is 52.9 Å². The van der Waals surface area contributed by atoms with Gasteiger partial charge in [-0.25, -0.2) is 0 Å². The molecule has 1 amide bonds. The second kappa shape index (κ2) is 6.21. The summed E-state index contributed by atoms with van der Waals surface area (Å²) in [6.45, 7) is 7.61. The first kappa shape index (κ1) is 15.0. The van der Waals surface area contributed by atoms with Crippen LogP contribution in [0.5, 0.6) is 0 Å². The predicted octanol–water partition coefficient (Wildman–Crippen LogP) is 2.53. The van der Waals surface area contributed by atoms with Gasteiger partial charge in [0.15, 0.2) is 0 Å². The van der Waals surface area contributed by atoms with E-state index in [1.165, 1.54) is 6.42 Å². The molecule has 104 valence electrons. The minimum Gasteiger partial charge on any atom is -0.481 e. The second-order valence-electron chi connectivity index (χ2n) is 6.45. The summed E-state index contributed by atoms with van der Waals surface area (Å²) in [5, 5.41) is 9.21. The number of carboxylic acid groups (broad SMARTS) is 1. The Kier molecular flexibility index (Phi) is 5.17. The summed E-state index contributed by atoms with van der Waals surface area (Å²) in [6.07, 6.45) is 3.95. The Labute approximate surface area is 109 Å². The van der Waals surface area contributed by atoms with Crippen LogP contribution in [0, 0.1) is 11.3 Å². The summed E-state index contributed by atoms with van der Waals surface area (Å²) < 4.78 is 0. The molecule has 4 nitrogen and oxygen atoms in total. The van der Waals surface area contributed by atoms with Gasteiger partial charge in [0.25, 0.3) is 0 Å². The summed E-state index contributed by atoms with van der Waals surface area (Å²) in [7, 11) is 0. The fourth-order valence-corrected chi connectivity index (χ4v) is 2.47. The monoisotopic (exact) mass is 255 g/mol. The molecular weight excluding hydrogens is 230 g/mol. The Morgan fingerprint density at radius 1 is 1.17 bits per heavy atom. The molecule has 1 N–H and O–H groups in total. The lowest BCUT2D eigenvalue weighted by molar-refractivity contribution is -0.147. The number of piperidine rings is 1. The third kappa shape index (κ3) is 5.07. The van der Waals surface area contributed by atoms with Crippen LogP contribution in [0.4, 0.5) is 0 Å². The first-order chi connectivity index (χ1) is 8.29. The molecule has 1 aliphatic rings. The molecular formula is C14H25NO3. The standard InChI is InChI=1S/C14H25NO3/c1-14(2,3)10-11(13(17)18)9-12(16)15-7-5-4-6-8-15/h11H,4-10H2,1-3H3,(H,17,18). The molecule has 0 radical (unpaired) electrons. The number of rotatable bonds is 4. The molecule has 0 saturated carbocycles. The third-order valence-electron chi connectivity index (χ3n) is 3.34. The SMILES string of the molecule is CC(C)(C)CC(CC(=O)N1CCCCC1)C(=O)O. The Morgan fingerprint density at radius 3 is 2.17 bits per heavy atom. The molecule has 18 heavy (non-hydrogen) atoms. The zero-order chi connectivity index (χ0) is 13.8. The van der Waals surface area contributed by atoms with Crippen molar-refractivity contribution in [2.75, 3.05) is 13.1 Å². The molecule has 1 rings (SSSR count). The normalized spacial score (nSPS) is 18.5. The summed E-state index contributed by atoms with van der Waals surface area (Å²) >= 11 is 0. The molecule has 0 spiro atoms. The largest absolute Gasteiger partial charge is 0.481 e. The van der Waals surface area contributed by atoms with E-state index in [9.17, 15) is 14.7 Å². The number of nitrogens with zero attached hydrogens (tertiary/aromatic N) is 1. The maximum absolute atomic E-state index is 12.1. The number of hydrogen-bond acceptors (Lipinski definition) is 2. The number of aliphatic carboxylic acids is 1. The van der Waals surface area contributed by atoms with Crippen molar-refractivity contribution >= 4 is 11.9 Å². The molecule has 1 saturated heterocycles. The number of amides is 1. The van der Waals surface area contributed by atoms with Gasteiger partial charge in [-0.3, -0.25) is 9.59 Å². The van der Waals surface area contributed by atoms with Crippen LogP contribution in [0.15, 0.2) is 0 Å². The lowest BCUT2D eigenvalue weighted by Crippen LogP contribution is -2.38. The van der Waals surface area contributed by atoms with Crippen molar-refractivity contribution in [3.63, 3.8) is 0 Å². The fourth-order valence-electron chi connectivity index (χ4n) is 2.47. The van der Waals surface area contributed by atoms with E-state index >= 15 is 0 Å². The number of likely N-dealkylation sites (tertiary alicyclic amines) is 1. The van der Waals surface area contributed by atoms with Crippen molar-refractivity contribution in [3.8, 4) is 0 Å². The first-order valence-corrected chi connectivity index (χ1v) is 6.80. The predicted molar refractivity (Wildman–Crippen MR) is 70.2 cm³/mol. The lowest BCUT2D eigenvalue weighted by Gasteiger charge is -2.29. The zero-order valence-corrected chi connectivity index (χ0v) is 11.7. The highest BCUT2D eigenvalue weighted by molar-refractivity contribution is 5.82. The van der Waals surface area contributed by atoms with Crippen LogP contribution in [0.3, 0.4) is 0 Å². The van der Waals surface area contributed by atoms with Crippen molar-refractivity contribution < 1.29 is 14.7 Å². The molecule has 4 heteroatoms. The van der Waals surface area contributed by atoms with E-state index in [-0.39, 0.29) is 17.7 Å². The summed E-state index contributed by atoms with van der Waals surface area (Å²) in [6, 6.07) is 0. The van der Waals surface area contributed by atoms with E-state index in [1.54, 1.807) is 0 Å². The summed E-state index contributed by atoms with van der Waals surface area (Å²) in [5.41, 5.74) is -0.0643. The van der Waals surface area contributed by atoms with Crippen molar-refractivity contribution in [2.24, 2.45) is 11.3 Å². The Bertz CT molecular complexity index is 301. The topological polar surface area (TPSA) is 57.6 Å². The third-order valence-corrected chi connectivity index (χ3v) is 3.34. The highest BCUT2D eigenvalue weighted by Crippen LogP contribution is 2.27. The van der Waals surface area contributed by atoms with Gasteiger partial charge in [-0.15, -0.1) is 0 Å². The molecule has 0 aliphatic carbocycles. The summed E-state index contributed by atoms with van der Waals surface area (Å²) in [5.74, 6) is -1.40. The summed E-state index contributed by atoms with van der Waals surface area (Å²) in [4.78, 5) is 25.1. The molecule has 1 unspecified atom stereocenters. The van der Waals surface area contributed by atoms with Crippen molar-refractivity contribution in [1.29, 1.82) is 0 Å². The Hall–Kier alpha value is -1.06. The van der Waals surface area contributed by atoms with Gasteiger partial charge in [0.1, 0.15) is 0 Å². The van der Waals surface area contributed by atoms with E-state index in [1.807, 2.05) is 25.7 Å². The average Bonchev–Trinajstić information content (AvgIpc) is 2.27. The van der Waals surface area contributed by atoms with Crippen molar-refractivity contribution in [3.05, 3.63) is 0 Å². The first-order valence-electron chi connectivity index (χ1n) is 6.80. The Balaban J connectivity index is 2.54. The van der Waals surface area contributed by atoms with Crippen LogP contribution in [0.1, 0.15) is 52.9 Å². The van der Waals surface area contributed by atoms with Gasteiger partial charge in [-0.1, -0.05) is 20.8 Å². The van der Waals surface area contributed by atoms with Crippen LogP contribution in [0.25, 0.3) is 0 Å². The van der Waals surface area contributed by atoms with Gasteiger partial charge in [0.2, 0.25) is 5.91 Å². The lowest BCUT2D eigenvalue weighted by atomic mass is 9.83. The van der Waals surface area contributed by atoms with Crippen LogP contribution in [-0.4, -0.2) is 35.0 Å². The molecule has 1 heterocycles. The van der Waals surface area contributed by atoms with Gasteiger partial charge in [-0.05, 0) is 31.1 Å². The van der Waals surface area contributed by atoms with Crippen LogP contribution in [0.2, 0.25) is 0 Å². The number of carbonyl (C=O) groups excluding carboxylic acids is 1. The quantitative estimate of drug-likeness (QED) is 0.839. The van der Waals surface area contributed by atoms with E-state index in [4.69, 9.17) is 0 Å². The second-order valence-corrected chi connectivity index (χ2v) is 6.45. The zero-order valence-electron chi connectivity index (χ0n) is 11.7. The van der Waals surface area contributed by atoms with Gasteiger partial charge < -0.3 is 10.0 Å². The van der Waals surface area contributed by atoms with E-state index in [0.29, 0.717) is 6.42 Å². The number of hydrogen-bond donors (Lipinski definition) is 1. The average molecular weight is 255 g/mol. The molecule has 1 atom stereocenters. The Morgan fingerprint density at radius 2 is 1.72 bits per heavy atom. The minimum atomic E-state index is -0.852. The van der Waals surface area contributed by atoms with Crippen molar-refractivity contribution in [1.82, 2.24) is 4.90 Å². The minimum absolute atomic E-state index is 0.00588. The van der Waals surface area contributed by atoms with Crippen LogP contribution in [-0.2, 0) is 9.59 Å². The van der Waals surface area contributed by atoms with Gasteiger partial charge in [-0.2, -0.15) is 0 Å². The number of carbonyl (C=O) groups is 2. The number of carboxylic acids is 1. The van der Waals surface area contributed by atoms with Crippen LogP contribution >= 0.6 is 0 Å². The molecule has 0 aromatic carbocycles. The van der Waals surface area contributed by atoms with Gasteiger partial charge >= 0.3 is 5.97 Å². The van der Waals surface area contributed by atoms with E-state index in [0.717, 1.165) is 25.9 Å². The highest BCUT2D eigenvalue weighted by atomic mass is 16.4. The molecule has 0 aromatic heterocycles. The smallest absolute Gasteiger partial charge is 0.307 e. The van der Waals surface area contributed by atoms with Crippen LogP contribution < -0.4 is 0 Å². The highest BCUT2D eigenvalue weighted by Gasteiger charge is 2.29. The molecule has 0 bridgehead atoms. The van der Waals surface area contributed by atoms with E-state index in [2.05, 4.69) is 0 Å². The molecule has 1 fully saturated rings. The molecule has 1 aliphatic heterocycles. The molecule has 0 aromatic rings. The fraction of sp³-hybridized carbons (Fsp3) is 0.857. The van der Waals surface area contributed by atoms with Gasteiger partial charge in [0.05, 0.1) is 5.92 Å².